The zero-order valence-electron chi connectivity index (χ0n) is 8.20. The van der Waals surface area contributed by atoms with Crippen molar-refractivity contribution in [1.29, 1.82) is 0 Å². The fourth-order valence-electron chi connectivity index (χ4n) is 0.980. The molecule has 84 valence electrons. The molecule has 0 amide bonds. The van der Waals surface area contributed by atoms with E-state index in [1.807, 2.05) is 0 Å². The van der Waals surface area contributed by atoms with Crippen molar-refractivity contribution in [2.24, 2.45) is 0 Å². The molecule has 0 saturated carbocycles. The number of carboxylic acids is 1. The van der Waals surface area contributed by atoms with Crippen LogP contribution in [0.4, 0.5) is 5.69 Å². The van der Waals surface area contributed by atoms with Gasteiger partial charge in [-0.2, -0.15) is 0 Å². The molecule has 0 fully saturated rings. The van der Waals surface area contributed by atoms with Crippen LogP contribution in [0.3, 0.4) is 0 Å². The number of benzene rings is 1. The Morgan fingerprint density at radius 1 is 1.56 bits per heavy atom. The van der Waals surface area contributed by atoms with Crippen LogP contribution in [0.25, 0.3) is 0 Å². The lowest BCUT2D eigenvalue weighted by molar-refractivity contribution is -0.384. The van der Waals surface area contributed by atoms with Gasteiger partial charge in [0, 0.05) is 12.1 Å². The predicted octanol–water partition coefficient (Wildman–Crippen LogP) is 1.61. The molecular weight excluding hydrogens is 214 g/mol. The Morgan fingerprint density at radius 3 is 2.94 bits per heavy atom. The van der Waals surface area contributed by atoms with Crippen LogP contribution in [0.5, 0.6) is 5.75 Å². The van der Waals surface area contributed by atoms with Gasteiger partial charge in [-0.1, -0.05) is 6.07 Å². The van der Waals surface area contributed by atoms with E-state index in [9.17, 15) is 14.9 Å². The van der Waals surface area contributed by atoms with Gasteiger partial charge in [0.15, 0.2) is 0 Å². The number of carboxylic acid groups (broad SMARTS) is 1. The molecule has 0 atom stereocenters. The van der Waals surface area contributed by atoms with E-state index in [0.717, 1.165) is 6.08 Å². The first kappa shape index (κ1) is 11.7. The molecule has 0 bridgehead atoms. The highest BCUT2D eigenvalue weighted by molar-refractivity contribution is 5.79. The lowest BCUT2D eigenvalue weighted by Gasteiger charge is -2.01. The van der Waals surface area contributed by atoms with E-state index in [1.165, 1.54) is 24.3 Å². The minimum Gasteiger partial charge on any atom is -0.489 e. The Kier molecular flexibility index (Phi) is 4.02. The molecule has 16 heavy (non-hydrogen) atoms. The molecule has 0 aliphatic heterocycles. The van der Waals surface area contributed by atoms with E-state index in [4.69, 9.17) is 9.84 Å². The van der Waals surface area contributed by atoms with Crippen molar-refractivity contribution in [3.8, 4) is 5.75 Å². The molecule has 1 aromatic rings. The average Bonchev–Trinajstić information content (AvgIpc) is 2.24. The van der Waals surface area contributed by atoms with Gasteiger partial charge in [-0.05, 0) is 12.1 Å². The summed E-state index contributed by atoms with van der Waals surface area (Å²) in [6, 6.07) is 5.67. The largest absolute Gasteiger partial charge is 0.489 e. The highest BCUT2D eigenvalue weighted by Crippen LogP contribution is 2.18. The normalized spacial score (nSPS) is 10.2. The summed E-state index contributed by atoms with van der Waals surface area (Å²) in [5.74, 6) is -0.744. The summed E-state index contributed by atoms with van der Waals surface area (Å²) in [5, 5.41) is 18.7. The summed E-state index contributed by atoms with van der Waals surface area (Å²) < 4.78 is 5.09. The molecule has 1 N–H and O–H groups in total. The summed E-state index contributed by atoms with van der Waals surface area (Å²) in [6.45, 7) is 0.0491. The molecule has 0 unspecified atom stereocenters. The van der Waals surface area contributed by atoms with Crippen molar-refractivity contribution in [2.75, 3.05) is 6.61 Å². The van der Waals surface area contributed by atoms with Gasteiger partial charge >= 0.3 is 5.97 Å². The first-order chi connectivity index (χ1) is 7.59. The van der Waals surface area contributed by atoms with E-state index >= 15 is 0 Å². The van der Waals surface area contributed by atoms with Crippen LogP contribution in [0.2, 0.25) is 0 Å². The van der Waals surface area contributed by atoms with Crippen LogP contribution in [0.1, 0.15) is 0 Å². The molecule has 0 spiro atoms. The summed E-state index contributed by atoms with van der Waals surface area (Å²) in [5.41, 5.74) is -0.0697. The summed E-state index contributed by atoms with van der Waals surface area (Å²) in [7, 11) is 0. The van der Waals surface area contributed by atoms with Gasteiger partial charge in [0.2, 0.25) is 0 Å². The van der Waals surface area contributed by atoms with Crippen molar-refractivity contribution in [1.82, 2.24) is 0 Å². The number of non-ortho nitro benzene ring substituents is 1. The van der Waals surface area contributed by atoms with Gasteiger partial charge in [-0.25, -0.2) is 4.79 Å². The number of carbonyl (C=O) groups is 1. The summed E-state index contributed by atoms with van der Waals surface area (Å²) >= 11 is 0. The monoisotopic (exact) mass is 223 g/mol. The number of hydrogen-bond acceptors (Lipinski definition) is 4. The first-order valence-electron chi connectivity index (χ1n) is 4.36. The van der Waals surface area contributed by atoms with E-state index in [-0.39, 0.29) is 12.3 Å². The molecule has 1 aromatic carbocycles. The van der Waals surface area contributed by atoms with Crippen molar-refractivity contribution < 1.29 is 19.6 Å². The minimum absolute atomic E-state index is 0.0491. The van der Waals surface area contributed by atoms with Gasteiger partial charge in [0.05, 0.1) is 11.0 Å². The van der Waals surface area contributed by atoms with Crippen LogP contribution in [-0.4, -0.2) is 22.6 Å². The molecule has 6 heteroatoms. The van der Waals surface area contributed by atoms with Crippen LogP contribution in [0.15, 0.2) is 36.4 Å². The molecule has 1 rings (SSSR count). The minimum atomic E-state index is -1.07. The number of nitro benzene ring substituents is 1. The zero-order valence-corrected chi connectivity index (χ0v) is 8.20. The highest BCUT2D eigenvalue weighted by Gasteiger charge is 2.05. The fourth-order valence-corrected chi connectivity index (χ4v) is 0.980. The quantitative estimate of drug-likeness (QED) is 0.465. The van der Waals surface area contributed by atoms with Crippen LogP contribution in [0, 0.1) is 10.1 Å². The van der Waals surface area contributed by atoms with Crippen molar-refractivity contribution in [3.63, 3.8) is 0 Å². The third-order valence-corrected chi connectivity index (χ3v) is 1.64. The molecule has 0 aliphatic rings. The van der Waals surface area contributed by atoms with Gasteiger partial charge in [-0.3, -0.25) is 10.1 Å². The summed E-state index contributed by atoms with van der Waals surface area (Å²) in [4.78, 5) is 20.0. The van der Waals surface area contributed by atoms with E-state index in [0.29, 0.717) is 5.75 Å². The second-order valence-electron chi connectivity index (χ2n) is 2.81. The number of rotatable bonds is 5. The SMILES string of the molecule is O=C(O)C=CCOc1cccc([N+](=O)[O-])c1. The number of ether oxygens (including phenoxy) is 1. The second-order valence-corrected chi connectivity index (χ2v) is 2.81. The molecule has 0 heterocycles. The standard InChI is InChI=1S/C10H9NO5/c12-10(13)5-2-6-16-9-4-1-3-8(7-9)11(14)15/h1-5,7H,6H2,(H,12,13). The Morgan fingerprint density at radius 2 is 2.31 bits per heavy atom. The maximum absolute atomic E-state index is 10.4. The van der Waals surface area contributed by atoms with Crippen molar-refractivity contribution >= 4 is 11.7 Å². The molecule has 0 radical (unpaired) electrons. The number of nitro groups is 1. The smallest absolute Gasteiger partial charge is 0.328 e. The number of nitrogens with zero attached hydrogens (tertiary/aromatic N) is 1. The molecular formula is C10H9NO5. The molecule has 0 aliphatic carbocycles. The first-order valence-corrected chi connectivity index (χ1v) is 4.36. The lowest BCUT2D eigenvalue weighted by atomic mass is 10.3. The highest BCUT2D eigenvalue weighted by atomic mass is 16.6. The third kappa shape index (κ3) is 3.79. The van der Waals surface area contributed by atoms with E-state index in [1.54, 1.807) is 6.07 Å². The van der Waals surface area contributed by atoms with Crippen LogP contribution < -0.4 is 4.74 Å². The molecule has 0 saturated heterocycles. The topological polar surface area (TPSA) is 89.7 Å². The van der Waals surface area contributed by atoms with Crippen LogP contribution in [-0.2, 0) is 4.79 Å². The predicted molar refractivity (Wildman–Crippen MR) is 55.4 cm³/mol. The fraction of sp³-hybridized carbons (Fsp3) is 0.100. The van der Waals surface area contributed by atoms with Gasteiger partial charge in [-0.15, -0.1) is 0 Å². The van der Waals surface area contributed by atoms with Crippen molar-refractivity contribution in [2.45, 2.75) is 0 Å². The maximum Gasteiger partial charge on any atom is 0.328 e. The lowest BCUT2D eigenvalue weighted by Crippen LogP contribution is -1.96. The van der Waals surface area contributed by atoms with Gasteiger partial charge < -0.3 is 9.84 Å². The van der Waals surface area contributed by atoms with E-state index in [2.05, 4.69) is 0 Å². The zero-order chi connectivity index (χ0) is 12.0. The van der Waals surface area contributed by atoms with E-state index < -0.39 is 10.9 Å². The molecule has 0 aromatic heterocycles. The van der Waals surface area contributed by atoms with Gasteiger partial charge in [0.1, 0.15) is 12.4 Å². The van der Waals surface area contributed by atoms with Gasteiger partial charge in [0.25, 0.3) is 5.69 Å². The van der Waals surface area contributed by atoms with Crippen molar-refractivity contribution in [3.05, 3.63) is 46.5 Å². The number of hydrogen-bond donors (Lipinski definition) is 1. The molecule has 6 nitrogen and oxygen atoms in total. The summed E-state index contributed by atoms with van der Waals surface area (Å²) in [6.07, 6.45) is 2.25. The average molecular weight is 223 g/mol. The second kappa shape index (κ2) is 5.50. The maximum atomic E-state index is 10.4. The Hall–Kier alpha value is -2.37. The Labute approximate surface area is 90.9 Å². The number of aliphatic carboxylic acids is 1. The van der Waals surface area contributed by atoms with Crippen LogP contribution >= 0.6 is 0 Å². The Bertz CT molecular complexity index is 427. The third-order valence-electron chi connectivity index (χ3n) is 1.64. The Balaban J connectivity index is 2.57.